The van der Waals surface area contributed by atoms with Crippen molar-refractivity contribution in [1.82, 2.24) is 0 Å². The number of hydrogen-bond acceptors (Lipinski definition) is 4. The molecule has 0 saturated heterocycles. The first-order chi connectivity index (χ1) is 6.91. The first kappa shape index (κ1) is 75.4. The second kappa shape index (κ2) is 77.7. The average Bonchev–Trinajstić information content (AvgIpc) is 2.21. The van der Waals surface area contributed by atoms with E-state index in [1.165, 1.54) is 0 Å². The lowest BCUT2D eigenvalue weighted by Gasteiger charge is -2.05. The minimum atomic E-state index is 0. The van der Waals surface area contributed by atoms with Crippen LogP contribution < -0.4 is 0 Å². The molecule has 4 nitrogen and oxygen atoms in total. The van der Waals surface area contributed by atoms with Crippen molar-refractivity contribution in [3.8, 4) is 0 Å². The van der Waals surface area contributed by atoms with Crippen LogP contribution >= 0.6 is 0 Å². The predicted molar refractivity (Wildman–Crippen MR) is 121 cm³/mol. The van der Waals surface area contributed by atoms with E-state index in [9.17, 15) is 0 Å². The van der Waals surface area contributed by atoms with Gasteiger partial charge in [-0.15, -0.1) is 0 Å². The summed E-state index contributed by atoms with van der Waals surface area (Å²) in [7, 11) is 1.61. The van der Waals surface area contributed by atoms with Gasteiger partial charge in [0.1, 0.15) is 13.6 Å². The van der Waals surface area contributed by atoms with Gasteiger partial charge in [-0.3, -0.25) is 0 Å². The van der Waals surface area contributed by atoms with E-state index in [0.29, 0.717) is 26.8 Å². The summed E-state index contributed by atoms with van der Waals surface area (Å²) in [5.41, 5.74) is 0. The first-order valence-electron chi connectivity index (χ1n) is 5.14. The Balaban J connectivity index is -0.0000000188. The van der Waals surface area contributed by atoms with E-state index in [4.69, 9.17) is 18.9 Å². The molecule has 0 heterocycles. The molecule has 0 aliphatic heterocycles. The fraction of sp³-hybridized carbons (Fsp3) is 1.00. The van der Waals surface area contributed by atoms with E-state index in [1.54, 1.807) is 7.11 Å². The van der Waals surface area contributed by atoms with Crippen LogP contribution in [0, 0.1) is 0 Å². The molecule has 0 unspecified atom stereocenters. The van der Waals surface area contributed by atoms with Gasteiger partial charge in [-0.05, 0) is 12.8 Å². The van der Waals surface area contributed by atoms with Gasteiger partial charge >= 0.3 is 0 Å². The molecule has 24 heavy (non-hydrogen) atoms. The largest absolute Gasteiger partial charge is 0.359 e. The maximum atomic E-state index is 5.22. The quantitative estimate of drug-likeness (QED) is 0.273. The molecule has 0 radical (unpaired) electrons. The fourth-order valence-electron chi connectivity index (χ4n) is 0.828. The Morgan fingerprint density at radius 2 is 0.833 bits per heavy atom. The third kappa shape index (κ3) is 80.7. The summed E-state index contributed by atoms with van der Waals surface area (Å²) in [5.74, 6) is 0. The summed E-state index contributed by atoms with van der Waals surface area (Å²) in [6.45, 7) is 5.02. The van der Waals surface area contributed by atoms with Crippen LogP contribution in [0.15, 0.2) is 0 Å². The van der Waals surface area contributed by atoms with Crippen molar-refractivity contribution in [2.24, 2.45) is 0 Å². The third-order valence-electron chi connectivity index (χ3n) is 1.59. The van der Waals surface area contributed by atoms with Gasteiger partial charge in [-0.1, -0.05) is 87.6 Å². The minimum absolute atomic E-state index is 0. The summed E-state index contributed by atoms with van der Waals surface area (Å²) in [5, 5.41) is 0. The summed E-state index contributed by atoms with van der Waals surface area (Å²) < 4.78 is 20.2. The van der Waals surface area contributed by atoms with Crippen LogP contribution in [-0.4, -0.2) is 40.5 Å². The Hall–Kier alpha value is -0.160. The molecule has 0 N–H and O–H groups in total. The number of ether oxygens (including phenoxy) is 4. The molecule has 0 aromatic heterocycles. The molecule has 0 rings (SSSR count). The van der Waals surface area contributed by atoms with Crippen LogP contribution in [0.1, 0.15) is 100 Å². The highest BCUT2D eigenvalue weighted by molar-refractivity contribution is 4.32. The van der Waals surface area contributed by atoms with Crippen molar-refractivity contribution in [3.05, 3.63) is 0 Å². The molecule has 0 saturated carbocycles. The summed E-state index contributed by atoms with van der Waals surface area (Å²) in [6, 6.07) is 0. The lowest BCUT2D eigenvalue weighted by molar-refractivity contribution is -0.0693. The van der Waals surface area contributed by atoms with Crippen molar-refractivity contribution in [1.29, 1.82) is 0 Å². The van der Waals surface area contributed by atoms with Crippen LogP contribution in [0.2, 0.25) is 0 Å². The van der Waals surface area contributed by atoms with Gasteiger partial charge < -0.3 is 18.9 Å². The third-order valence-corrected chi connectivity index (χ3v) is 1.59. The van der Waals surface area contributed by atoms with Crippen LogP contribution in [0.25, 0.3) is 0 Å². The molecule has 0 atom stereocenters. The van der Waals surface area contributed by atoms with E-state index in [2.05, 4.69) is 6.92 Å². The van der Waals surface area contributed by atoms with Gasteiger partial charge in [0.2, 0.25) is 0 Å². The van der Waals surface area contributed by atoms with E-state index < -0.39 is 0 Å². The Bertz CT molecular complexity index is 89.6. The minimum Gasteiger partial charge on any atom is -0.359 e. The molecule has 0 aliphatic rings. The van der Waals surface area contributed by atoms with Gasteiger partial charge in [-0.2, -0.15) is 0 Å². The molecular formula is C20H62O4. The first-order valence-corrected chi connectivity index (χ1v) is 5.14. The second-order valence-electron chi connectivity index (χ2n) is 2.96. The highest BCUT2D eigenvalue weighted by Gasteiger charge is 1.90. The molecule has 0 aromatic carbocycles. The fourth-order valence-corrected chi connectivity index (χ4v) is 0.828. The van der Waals surface area contributed by atoms with Crippen molar-refractivity contribution in [2.75, 3.05) is 40.5 Å². The lowest BCUT2D eigenvalue weighted by atomic mass is 10.4. The standard InChI is InChI=1S/C10H22O4.10CH4/c1-3-4-6-13-10-14-8-5-7-12-9-11-2;;;;;;;;;;/h3-10H2,1-2H3;10*1H4. The average molecular weight is 367 g/mol. The van der Waals surface area contributed by atoms with E-state index in [1.807, 2.05) is 0 Å². The van der Waals surface area contributed by atoms with Crippen molar-refractivity contribution in [2.45, 2.75) is 100 Å². The monoisotopic (exact) mass is 366 g/mol. The van der Waals surface area contributed by atoms with Crippen molar-refractivity contribution in [3.63, 3.8) is 0 Å². The Morgan fingerprint density at radius 3 is 1.17 bits per heavy atom. The summed E-state index contributed by atoms with van der Waals surface area (Å²) in [6.07, 6.45) is 3.13. The normalized spacial score (nSPS) is 6.25. The number of rotatable bonds is 11. The van der Waals surface area contributed by atoms with E-state index in [-0.39, 0.29) is 74.3 Å². The van der Waals surface area contributed by atoms with Gasteiger partial charge in [0.05, 0.1) is 13.2 Å². The van der Waals surface area contributed by atoms with Gasteiger partial charge in [-0.25, -0.2) is 0 Å². The molecular weight excluding hydrogens is 304 g/mol. The Labute approximate surface area is 160 Å². The number of hydrogen-bond donors (Lipinski definition) is 0. The maximum absolute atomic E-state index is 5.22. The molecule has 4 heteroatoms. The molecule has 0 amide bonds. The molecule has 0 spiro atoms. The van der Waals surface area contributed by atoms with Crippen molar-refractivity contribution >= 4 is 0 Å². The molecule has 0 aromatic rings. The molecule has 0 bridgehead atoms. The van der Waals surface area contributed by atoms with Crippen molar-refractivity contribution < 1.29 is 18.9 Å². The van der Waals surface area contributed by atoms with Gasteiger partial charge in [0, 0.05) is 13.7 Å². The number of unbranched alkanes of at least 4 members (excludes halogenated alkanes) is 1. The van der Waals surface area contributed by atoms with E-state index in [0.717, 1.165) is 25.9 Å². The van der Waals surface area contributed by atoms with Crippen LogP contribution in [0.3, 0.4) is 0 Å². The zero-order valence-electron chi connectivity index (χ0n) is 9.29. The Kier molecular flexibility index (Phi) is 244. The van der Waals surface area contributed by atoms with Gasteiger partial charge in [0.15, 0.2) is 0 Å². The Morgan fingerprint density at radius 1 is 0.500 bits per heavy atom. The summed E-state index contributed by atoms with van der Waals surface area (Å²) >= 11 is 0. The van der Waals surface area contributed by atoms with Crippen LogP contribution in [0.4, 0.5) is 0 Å². The SMILES string of the molecule is C.C.C.C.C.C.C.C.C.C.CCCCOCOCCCOCOC. The summed E-state index contributed by atoms with van der Waals surface area (Å²) in [4.78, 5) is 0. The zero-order valence-corrected chi connectivity index (χ0v) is 9.29. The zero-order chi connectivity index (χ0) is 10.5. The molecule has 0 aliphatic carbocycles. The van der Waals surface area contributed by atoms with Gasteiger partial charge in [0.25, 0.3) is 0 Å². The van der Waals surface area contributed by atoms with E-state index >= 15 is 0 Å². The lowest BCUT2D eigenvalue weighted by Crippen LogP contribution is -2.06. The highest BCUT2D eigenvalue weighted by atomic mass is 16.7. The predicted octanol–water partition coefficient (Wildman–Crippen LogP) is 8.15. The van der Waals surface area contributed by atoms with Crippen LogP contribution in [0.5, 0.6) is 0 Å². The molecule has 166 valence electrons. The topological polar surface area (TPSA) is 36.9 Å². The van der Waals surface area contributed by atoms with Crippen LogP contribution in [-0.2, 0) is 18.9 Å². The molecule has 0 fully saturated rings. The maximum Gasteiger partial charge on any atom is 0.146 e. The number of methoxy groups -OCH3 is 1. The smallest absolute Gasteiger partial charge is 0.146 e. The highest BCUT2D eigenvalue weighted by Crippen LogP contribution is 1.90. The second-order valence-corrected chi connectivity index (χ2v) is 2.96.